The van der Waals surface area contributed by atoms with Crippen LogP contribution in [0.2, 0.25) is 5.02 Å². The Morgan fingerprint density at radius 2 is 2.16 bits per heavy atom. The summed E-state index contributed by atoms with van der Waals surface area (Å²) in [7, 11) is 0. The summed E-state index contributed by atoms with van der Waals surface area (Å²) in [6, 6.07) is 4.16. The number of hydrogen-bond acceptors (Lipinski definition) is 5. The van der Waals surface area contributed by atoms with Crippen molar-refractivity contribution in [2.75, 3.05) is 11.1 Å². The highest BCUT2D eigenvalue weighted by Gasteiger charge is 2.13. The molecule has 0 unspecified atom stereocenters. The number of anilines is 1. The minimum absolute atomic E-state index is 0.133. The van der Waals surface area contributed by atoms with Gasteiger partial charge in [-0.25, -0.2) is 14.4 Å². The van der Waals surface area contributed by atoms with Crippen molar-refractivity contribution in [1.29, 1.82) is 0 Å². The van der Waals surface area contributed by atoms with Crippen molar-refractivity contribution in [2.45, 2.75) is 25.3 Å². The first-order valence-corrected chi connectivity index (χ1v) is 9.72. The van der Waals surface area contributed by atoms with Gasteiger partial charge in [-0.1, -0.05) is 11.6 Å². The molecule has 1 N–H and O–H groups in total. The van der Waals surface area contributed by atoms with Crippen LogP contribution in [0.25, 0.3) is 10.2 Å². The van der Waals surface area contributed by atoms with Gasteiger partial charge in [0, 0.05) is 27.5 Å². The fourth-order valence-corrected chi connectivity index (χ4v) is 4.52. The van der Waals surface area contributed by atoms with Crippen molar-refractivity contribution in [3.63, 3.8) is 0 Å². The topological polar surface area (TPSA) is 54.9 Å². The molecule has 1 amide bonds. The van der Waals surface area contributed by atoms with Crippen LogP contribution in [0.1, 0.15) is 16.9 Å². The number of hydrogen-bond donors (Lipinski definition) is 1. The molecule has 0 spiro atoms. The van der Waals surface area contributed by atoms with Crippen LogP contribution in [0.5, 0.6) is 0 Å². The molecule has 3 aromatic rings. The maximum atomic E-state index is 13.7. The van der Waals surface area contributed by atoms with Crippen LogP contribution in [-0.4, -0.2) is 21.6 Å². The third-order valence-corrected chi connectivity index (χ3v) is 6.05. The molecule has 0 saturated heterocycles. The summed E-state index contributed by atoms with van der Waals surface area (Å²) in [5.41, 5.74) is 1.31. The van der Waals surface area contributed by atoms with Crippen molar-refractivity contribution < 1.29 is 9.18 Å². The Morgan fingerprint density at radius 3 is 2.92 bits per heavy atom. The molecule has 0 fully saturated rings. The third-order valence-electron chi connectivity index (χ3n) is 3.70. The van der Waals surface area contributed by atoms with Crippen LogP contribution in [0.15, 0.2) is 29.6 Å². The number of nitrogens with zero attached hydrogens (tertiary/aromatic N) is 2. The molecule has 0 aliphatic carbocycles. The van der Waals surface area contributed by atoms with Gasteiger partial charge in [-0.3, -0.25) is 4.79 Å². The second-order valence-electron chi connectivity index (χ2n) is 5.41. The van der Waals surface area contributed by atoms with E-state index in [1.807, 2.05) is 0 Å². The minimum Gasteiger partial charge on any atom is -0.324 e. The number of fused-ring (bicyclic) bond motifs is 1. The lowest BCUT2D eigenvalue weighted by Gasteiger charge is -2.07. The Morgan fingerprint density at radius 1 is 1.36 bits per heavy atom. The first-order valence-electron chi connectivity index (χ1n) is 7.54. The second kappa shape index (κ2) is 7.68. The summed E-state index contributed by atoms with van der Waals surface area (Å²) in [6.07, 6.45) is 1.80. The number of carbonyl (C=O) groups is 1. The lowest BCUT2D eigenvalue weighted by atomic mass is 10.2. The molecule has 0 bridgehead atoms. The molecule has 0 aliphatic rings. The van der Waals surface area contributed by atoms with Gasteiger partial charge in [0.15, 0.2) is 0 Å². The average molecular weight is 396 g/mol. The number of nitrogens with one attached hydrogen (secondary N) is 1. The molecule has 4 nitrogen and oxygen atoms in total. The van der Waals surface area contributed by atoms with Crippen LogP contribution in [0.4, 0.5) is 10.1 Å². The molecule has 0 radical (unpaired) electrons. The highest BCUT2D eigenvalue weighted by molar-refractivity contribution is 7.99. The van der Waals surface area contributed by atoms with Crippen LogP contribution in [0.3, 0.4) is 0 Å². The molecule has 8 heteroatoms. The van der Waals surface area contributed by atoms with E-state index in [2.05, 4.69) is 29.1 Å². The van der Waals surface area contributed by atoms with Crippen molar-refractivity contribution in [2.24, 2.45) is 0 Å². The van der Waals surface area contributed by atoms with Crippen molar-refractivity contribution in [3.05, 3.63) is 45.8 Å². The Labute approximate surface area is 157 Å². The summed E-state index contributed by atoms with van der Waals surface area (Å²) in [5.74, 6) is -0.255. The van der Waals surface area contributed by atoms with Gasteiger partial charge in [0.1, 0.15) is 22.0 Å². The van der Waals surface area contributed by atoms with Gasteiger partial charge in [0.25, 0.3) is 0 Å². The van der Waals surface area contributed by atoms with Crippen LogP contribution < -0.4 is 5.32 Å². The van der Waals surface area contributed by atoms with E-state index < -0.39 is 5.82 Å². The molecule has 0 atom stereocenters. The SMILES string of the molecule is Cc1sc2ncnc(SCCC(=O)Nc3ccc(Cl)cc3F)c2c1C. The van der Waals surface area contributed by atoms with Gasteiger partial charge < -0.3 is 5.32 Å². The summed E-state index contributed by atoms with van der Waals surface area (Å²) >= 11 is 8.84. The molecule has 0 saturated carbocycles. The Hall–Kier alpha value is -1.70. The Kier molecular flexibility index (Phi) is 5.56. The lowest BCUT2D eigenvalue weighted by Crippen LogP contribution is -2.13. The number of halogens is 2. The minimum atomic E-state index is -0.546. The molecule has 1 aromatic carbocycles. The van der Waals surface area contributed by atoms with E-state index in [4.69, 9.17) is 11.6 Å². The van der Waals surface area contributed by atoms with Gasteiger partial charge in [-0.05, 0) is 37.6 Å². The fourth-order valence-electron chi connectivity index (χ4n) is 2.30. The lowest BCUT2D eigenvalue weighted by molar-refractivity contribution is -0.115. The molecular weight excluding hydrogens is 381 g/mol. The number of aromatic nitrogens is 2. The molecule has 0 aliphatic heterocycles. The zero-order valence-corrected chi connectivity index (χ0v) is 16.0. The van der Waals surface area contributed by atoms with Crippen LogP contribution >= 0.6 is 34.7 Å². The van der Waals surface area contributed by atoms with Crippen molar-refractivity contribution >= 4 is 56.5 Å². The van der Waals surface area contributed by atoms with E-state index in [9.17, 15) is 9.18 Å². The zero-order valence-electron chi connectivity index (χ0n) is 13.6. The van der Waals surface area contributed by atoms with Crippen molar-refractivity contribution in [3.8, 4) is 0 Å². The summed E-state index contributed by atoms with van der Waals surface area (Å²) < 4.78 is 13.7. The van der Waals surface area contributed by atoms with E-state index in [0.717, 1.165) is 15.2 Å². The van der Waals surface area contributed by atoms with Gasteiger partial charge in [0.05, 0.1) is 5.69 Å². The predicted octanol–water partition coefficient (Wildman–Crippen LogP) is 5.22. The number of carbonyl (C=O) groups excluding carboxylic acids is 1. The van der Waals surface area contributed by atoms with Crippen molar-refractivity contribution in [1.82, 2.24) is 9.97 Å². The molecule has 2 heterocycles. The molecule has 2 aromatic heterocycles. The standard InChI is InChI=1S/C17H15ClFN3OS2/c1-9-10(2)25-17-15(9)16(20-8-21-17)24-6-5-14(23)22-13-4-3-11(18)7-12(13)19/h3-4,7-8H,5-6H2,1-2H3,(H,22,23). The van der Waals surface area contributed by atoms with E-state index >= 15 is 0 Å². The van der Waals surface area contributed by atoms with Crippen LogP contribution in [-0.2, 0) is 4.79 Å². The maximum Gasteiger partial charge on any atom is 0.225 e. The molecule has 3 rings (SSSR count). The number of thiophene rings is 1. The first-order chi connectivity index (χ1) is 12.0. The maximum absolute atomic E-state index is 13.7. The largest absolute Gasteiger partial charge is 0.324 e. The van der Waals surface area contributed by atoms with Crippen LogP contribution in [0, 0.1) is 19.7 Å². The van der Waals surface area contributed by atoms with Gasteiger partial charge in [0.2, 0.25) is 5.91 Å². The number of amides is 1. The predicted molar refractivity (Wildman–Crippen MR) is 102 cm³/mol. The molecule has 25 heavy (non-hydrogen) atoms. The smallest absolute Gasteiger partial charge is 0.225 e. The molecule has 130 valence electrons. The number of rotatable bonds is 5. The molecular formula is C17H15ClFN3OS2. The second-order valence-corrected chi connectivity index (χ2v) is 8.14. The van der Waals surface area contributed by atoms with Gasteiger partial charge in [-0.2, -0.15) is 0 Å². The summed E-state index contributed by atoms with van der Waals surface area (Å²) in [5, 5.41) is 4.78. The third kappa shape index (κ3) is 4.11. The van der Waals surface area contributed by atoms with Gasteiger partial charge >= 0.3 is 0 Å². The Bertz CT molecular complexity index is 945. The van der Waals surface area contributed by atoms with E-state index in [0.29, 0.717) is 10.8 Å². The summed E-state index contributed by atoms with van der Waals surface area (Å²) in [4.78, 5) is 22.8. The highest BCUT2D eigenvalue weighted by atomic mass is 35.5. The highest BCUT2D eigenvalue weighted by Crippen LogP contribution is 2.34. The normalized spacial score (nSPS) is 11.0. The number of aryl methyl sites for hydroxylation is 2. The summed E-state index contributed by atoms with van der Waals surface area (Å²) in [6.45, 7) is 4.11. The average Bonchev–Trinajstić information content (AvgIpc) is 2.86. The number of benzene rings is 1. The van der Waals surface area contributed by atoms with E-state index in [-0.39, 0.29) is 18.0 Å². The van der Waals surface area contributed by atoms with E-state index in [1.165, 1.54) is 40.4 Å². The van der Waals surface area contributed by atoms with E-state index in [1.54, 1.807) is 17.7 Å². The Balaban J connectivity index is 1.62. The first kappa shape index (κ1) is 18.1. The quantitative estimate of drug-likeness (QED) is 0.475. The zero-order chi connectivity index (χ0) is 18.0. The monoisotopic (exact) mass is 395 g/mol. The number of thioether (sulfide) groups is 1. The fraction of sp³-hybridized carbons (Fsp3) is 0.235. The van der Waals surface area contributed by atoms with Gasteiger partial charge in [-0.15, -0.1) is 23.1 Å².